The van der Waals surface area contributed by atoms with Gasteiger partial charge in [-0.05, 0) is 31.4 Å². The van der Waals surface area contributed by atoms with Crippen molar-refractivity contribution in [1.82, 2.24) is 4.98 Å². The van der Waals surface area contributed by atoms with Crippen LogP contribution in [-0.4, -0.2) is 10.8 Å². The van der Waals surface area contributed by atoms with E-state index in [0.29, 0.717) is 0 Å². The maximum absolute atomic E-state index is 11.2. The number of aromatic nitrogens is 1. The lowest BCUT2D eigenvalue weighted by molar-refractivity contribution is 0.101. The molecule has 1 rings (SSSR count). The molecule has 2 heteroatoms. The van der Waals surface area contributed by atoms with Gasteiger partial charge in [-0.3, -0.25) is 4.79 Å². The number of Topliss-reactive ketones (excluding diaryl/α,β-unsaturated/α-hetero) is 1. The van der Waals surface area contributed by atoms with E-state index < -0.39 is 0 Å². The molecule has 72 valence electrons. The first kappa shape index (κ1) is 10.0. The standard InChI is InChI=1S/C11H17NO/c1-5-6-10-7(2)8(3)11(12-10)9(4)13/h12H,5-6H2,1-4H3. The molecule has 0 spiro atoms. The van der Waals surface area contributed by atoms with Gasteiger partial charge in [-0.25, -0.2) is 0 Å². The first-order chi connectivity index (χ1) is 6.07. The summed E-state index contributed by atoms with van der Waals surface area (Å²) in [6.07, 6.45) is 2.14. The van der Waals surface area contributed by atoms with Crippen LogP contribution in [0, 0.1) is 13.8 Å². The van der Waals surface area contributed by atoms with Gasteiger partial charge in [-0.1, -0.05) is 13.3 Å². The van der Waals surface area contributed by atoms with Crippen LogP contribution in [0.3, 0.4) is 0 Å². The lowest BCUT2D eigenvalue weighted by atomic mass is 10.1. The fraction of sp³-hybridized carbons (Fsp3) is 0.545. The van der Waals surface area contributed by atoms with Crippen LogP contribution in [-0.2, 0) is 6.42 Å². The molecule has 0 aliphatic heterocycles. The van der Waals surface area contributed by atoms with Gasteiger partial charge in [0.25, 0.3) is 0 Å². The quantitative estimate of drug-likeness (QED) is 0.711. The van der Waals surface area contributed by atoms with Crippen LogP contribution in [0.25, 0.3) is 0 Å². The lowest BCUT2D eigenvalue weighted by Gasteiger charge is -1.95. The maximum atomic E-state index is 11.2. The minimum atomic E-state index is 0.128. The van der Waals surface area contributed by atoms with Crippen molar-refractivity contribution in [3.05, 3.63) is 22.5 Å². The number of ketones is 1. The van der Waals surface area contributed by atoms with Gasteiger partial charge in [0.05, 0.1) is 5.69 Å². The molecule has 1 aromatic heterocycles. The average molecular weight is 179 g/mol. The van der Waals surface area contributed by atoms with Crippen molar-refractivity contribution in [3.63, 3.8) is 0 Å². The monoisotopic (exact) mass is 179 g/mol. The van der Waals surface area contributed by atoms with Crippen molar-refractivity contribution in [2.24, 2.45) is 0 Å². The minimum absolute atomic E-state index is 0.128. The normalized spacial score (nSPS) is 10.5. The number of rotatable bonds is 3. The van der Waals surface area contributed by atoms with Gasteiger partial charge >= 0.3 is 0 Å². The lowest BCUT2D eigenvalue weighted by Crippen LogP contribution is -1.94. The van der Waals surface area contributed by atoms with Crippen molar-refractivity contribution >= 4 is 5.78 Å². The van der Waals surface area contributed by atoms with Gasteiger partial charge < -0.3 is 4.98 Å². The third-order valence-electron chi connectivity index (χ3n) is 2.52. The SMILES string of the molecule is CCCc1[nH]c(C(C)=O)c(C)c1C. The number of H-pyrrole nitrogens is 1. The van der Waals surface area contributed by atoms with Crippen molar-refractivity contribution < 1.29 is 4.79 Å². The van der Waals surface area contributed by atoms with Gasteiger partial charge in [0.15, 0.2) is 5.78 Å². The molecular formula is C11H17NO. The van der Waals surface area contributed by atoms with E-state index in [1.54, 1.807) is 6.92 Å². The molecule has 0 saturated heterocycles. The van der Waals surface area contributed by atoms with E-state index in [0.717, 1.165) is 24.1 Å². The van der Waals surface area contributed by atoms with Crippen LogP contribution >= 0.6 is 0 Å². The summed E-state index contributed by atoms with van der Waals surface area (Å²) in [5.74, 6) is 0.128. The molecule has 1 aromatic rings. The Hall–Kier alpha value is -1.05. The molecular weight excluding hydrogens is 162 g/mol. The number of carbonyl (C=O) groups is 1. The minimum Gasteiger partial charge on any atom is -0.356 e. The highest BCUT2D eigenvalue weighted by molar-refractivity contribution is 5.94. The fourth-order valence-electron chi connectivity index (χ4n) is 1.60. The summed E-state index contributed by atoms with van der Waals surface area (Å²) in [6.45, 7) is 7.82. The maximum Gasteiger partial charge on any atom is 0.176 e. The molecule has 0 radical (unpaired) electrons. The van der Waals surface area contributed by atoms with E-state index in [-0.39, 0.29) is 5.78 Å². The van der Waals surface area contributed by atoms with Crippen molar-refractivity contribution in [2.45, 2.75) is 40.5 Å². The molecule has 0 fully saturated rings. The Morgan fingerprint density at radius 1 is 1.31 bits per heavy atom. The summed E-state index contributed by atoms with van der Waals surface area (Å²) in [6, 6.07) is 0. The Morgan fingerprint density at radius 2 is 1.92 bits per heavy atom. The Labute approximate surface area is 79.4 Å². The third-order valence-corrected chi connectivity index (χ3v) is 2.52. The number of hydrogen-bond donors (Lipinski definition) is 1. The van der Waals surface area contributed by atoms with Crippen LogP contribution in [0.1, 0.15) is 47.6 Å². The highest BCUT2D eigenvalue weighted by atomic mass is 16.1. The fourth-order valence-corrected chi connectivity index (χ4v) is 1.60. The summed E-state index contributed by atoms with van der Waals surface area (Å²) in [7, 11) is 0. The number of aromatic amines is 1. The Kier molecular flexibility index (Phi) is 2.91. The second kappa shape index (κ2) is 3.77. The Morgan fingerprint density at radius 3 is 2.31 bits per heavy atom. The first-order valence-corrected chi connectivity index (χ1v) is 4.76. The molecule has 0 aromatic carbocycles. The zero-order chi connectivity index (χ0) is 10.0. The summed E-state index contributed by atoms with van der Waals surface area (Å²) in [4.78, 5) is 14.4. The first-order valence-electron chi connectivity index (χ1n) is 4.76. The smallest absolute Gasteiger partial charge is 0.176 e. The van der Waals surface area contributed by atoms with Gasteiger partial charge in [0, 0.05) is 12.6 Å². The number of nitrogens with one attached hydrogen (secondary N) is 1. The molecule has 0 atom stereocenters. The second-order valence-corrected chi connectivity index (χ2v) is 3.53. The van der Waals surface area contributed by atoms with Crippen LogP contribution in [0.5, 0.6) is 0 Å². The van der Waals surface area contributed by atoms with E-state index in [1.807, 2.05) is 6.92 Å². The van der Waals surface area contributed by atoms with Crippen molar-refractivity contribution in [3.8, 4) is 0 Å². The van der Waals surface area contributed by atoms with E-state index in [9.17, 15) is 4.79 Å². The molecule has 0 saturated carbocycles. The molecule has 1 heterocycles. The van der Waals surface area contributed by atoms with Crippen LogP contribution in [0.2, 0.25) is 0 Å². The molecule has 0 aliphatic rings. The second-order valence-electron chi connectivity index (χ2n) is 3.53. The van der Waals surface area contributed by atoms with Gasteiger partial charge in [-0.2, -0.15) is 0 Å². The predicted molar refractivity (Wildman–Crippen MR) is 54.3 cm³/mol. The van der Waals surface area contributed by atoms with Crippen LogP contribution in [0.4, 0.5) is 0 Å². The molecule has 0 unspecified atom stereocenters. The van der Waals surface area contributed by atoms with E-state index in [2.05, 4.69) is 18.8 Å². The summed E-state index contributed by atoms with van der Waals surface area (Å²) in [5, 5.41) is 0. The van der Waals surface area contributed by atoms with E-state index >= 15 is 0 Å². The van der Waals surface area contributed by atoms with Crippen molar-refractivity contribution in [2.75, 3.05) is 0 Å². The van der Waals surface area contributed by atoms with Gasteiger partial charge in [0.1, 0.15) is 0 Å². The zero-order valence-corrected chi connectivity index (χ0v) is 8.82. The highest BCUT2D eigenvalue weighted by Crippen LogP contribution is 2.18. The molecule has 0 amide bonds. The molecule has 2 nitrogen and oxygen atoms in total. The van der Waals surface area contributed by atoms with Crippen LogP contribution in [0.15, 0.2) is 0 Å². The summed E-state index contributed by atoms with van der Waals surface area (Å²) >= 11 is 0. The number of aryl methyl sites for hydroxylation is 1. The third kappa shape index (κ3) is 1.82. The molecule has 0 aliphatic carbocycles. The largest absolute Gasteiger partial charge is 0.356 e. The number of hydrogen-bond acceptors (Lipinski definition) is 1. The van der Waals surface area contributed by atoms with Gasteiger partial charge in [-0.15, -0.1) is 0 Å². The Balaban J connectivity index is 3.12. The topological polar surface area (TPSA) is 32.9 Å². The van der Waals surface area contributed by atoms with Crippen molar-refractivity contribution in [1.29, 1.82) is 0 Å². The number of carbonyl (C=O) groups excluding carboxylic acids is 1. The van der Waals surface area contributed by atoms with E-state index in [1.165, 1.54) is 11.3 Å². The zero-order valence-electron chi connectivity index (χ0n) is 8.82. The summed E-state index contributed by atoms with van der Waals surface area (Å²) < 4.78 is 0. The molecule has 0 bridgehead atoms. The predicted octanol–water partition coefficient (Wildman–Crippen LogP) is 2.79. The van der Waals surface area contributed by atoms with Gasteiger partial charge in [0.2, 0.25) is 0 Å². The van der Waals surface area contributed by atoms with E-state index in [4.69, 9.17) is 0 Å². The van der Waals surface area contributed by atoms with Crippen LogP contribution < -0.4 is 0 Å². The molecule has 1 N–H and O–H groups in total. The Bertz CT molecular complexity index is 323. The summed E-state index contributed by atoms with van der Waals surface area (Å²) in [5.41, 5.74) is 4.34. The highest BCUT2D eigenvalue weighted by Gasteiger charge is 2.12. The average Bonchev–Trinajstić information content (AvgIpc) is 2.33. The molecule has 13 heavy (non-hydrogen) atoms.